The Morgan fingerprint density at radius 1 is 1.05 bits per heavy atom. The molecule has 1 atom stereocenters. The molecule has 0 saturated heterocycles. The fourth-order valence-corrected chi connectivity index (χ4v) is 1.84. The first-order valence-corrected chi connectivity index (χ1v) is 6.23. The number of hydrogen-bond acceptors (Lipinski definition) is 3. The summed E-state index contributed by atoms with van der Waals surface area (Å²) in [4.78, 5) is 0. The average molecular weight is 258 g/mol. The number of aliphatic hydroxyl groups excluding tert-OH is 1. The third-order valence-electron chi connectivity index (χ3n) is 2.92. The quantitative estimate of drug-likeness (QED) is 0.894. The van der Waals surface area contributed by atoms with Crippen molar-refractivity contribution in [2.75, 3.05) is 7.11 Å². The van der Waals surface area contributed by atoms with Crippen molar-refractivity contribution in [2.45, 2.75) is 19.6 Å². The van der Waals surface area contributed by atoms with Gasteiger partial charge < -0.3 is 14.6 Å². The van der Waals surface area contributed by atoms with Crippen molar-refractivity contribution in [1.82, 2.24) is 0 Å². The Labute approximate surface area is 113 Å². The number of methoxy groups -OCH3 is 1. The van der Waals surface area contributed by atoms with E-state index in [-0.39, 0.29) is 0 Å². The molecule has 1 N–H and O–H groups in total. The van der Waals surface area contributed by atoms with Gasteiger partial charge >= 0.3 is 0 Å². The summed E-state index contributed by atoms with van der Waals surface area (Å²) < 4.78 is 10.9. The average Bonchev–Trinajstić information content (AvgIpc) is 2.46. The van der Waals surface area contributed by atoms with E-state index in [1.54, 1.807) is 14.0 Å². The zero-order valence-corrected chi connectivity index (χ0v) is 11.2. The Hall–Kier alpha value is -2.00. The molecule has 0 heterocycles. The van der Waals surface area contributed by atoms with Crippen LogP contribution in [0, 0.1) is 0 Å². The molecule has 2 aromatic rings. The lowest BCUT2D eigenvalue weighted by molar-refractivity contribution is 0.190. The molecule has 3 nitrogen and oxygen atoms in total. The second kappa shape index (κ2) is 6.25. The number of para-hydroxylation sites is 1. The van der Waals surface area contributed by atoms with E-state index < -0.39 is 6.10 Å². The van der Waals surface area contributed by atoms with Gasteiger partial charge in [0.15, 0.2) is 0 Å². The third-order valence-corrected chi connectivity index (χ3v) is 2.92. The SMILES string of the molecule is COc1ccc(COc2ccccc2[C@H](C)O)cc1. The van der Waals surface area contributed by atoms with Crippen LogP contribution in [0.4, 0.5) is 0 Å². The van der Waals surface area contributed by atoms with Crippen LogP contribution in [0.3, 0.4) is 0 Å². The first-order chi connectivity index (χ1) is 9.20. The largest absolute Gasteiger partial charge is 0.497 e. The Morgan fingerprint density at radius 2 is 1.74 bits per heavy atom. The van der Waals surface area contributed by atoms with Crippen LogP contribution in [-0.2, 0) is 6.61 Å². The molecular weight excluding hydrogens is 240 g/mol. The first-order valence-electron chi connectivity index (χ1n) is 6.23. The minimum absolute atomic E-state index is 0.466. The molecule has 0 unspecified atom stereocenters. The molecule has 0 aliphatic heterocycles. The van der Waals surface area contributed by atoms with E-state index in [0.717, 1.165) is 16.9 Å². The molecular formula is C16H18O3. The summed E-state index contributed by atoms with van der Waals surface area (Å²) in [5.41, 5.74) is 1.86. The lowest BCUT2D eigenvalue weighted by Crippen LogP contribution is -2.00. The van der Waals surface area contributed by atoms with Crippen LogP contribution in [0.5, 0.6) is 11.5 Å². The van der Waals surface area contributed by atoms with E-state index in [0.29, 0.717) is 12.4 Å². The van der Waals surface area contributed by atoms with E-state index in [4.69, 9.17) is 9.47 Å². The number of ether oxygens (including phenoxy) is 2. The summed E-state index contributed by atoms with van der Waals surface area (Å²) in [7, 11) is 1.64. The van der Waals surface area contributed by atoms with Gasteiger partial charge in [-0.05, 0) is 30.7 Å². The fourth-order valence-electron chi connectivity index (χ4n) is 1.84. The van der Waals surface area contributed by atoms with Gasteiger partial charge in [-0.2, -0.15) is 0 Å². The number of hydrogen-bond donors (Lipinski definition) is 1. The molecule has 100 valence electrons. The first kappa shape index (κ1) is 13.4. The molecule has 0 bridgehead atoms. The van der Waals surface area contributed by atoms with Crippen molar-refractivity contribution in [3.63, 3.8) is 0 Å². The van der Waals surface area contributed by atoms with Gasteiger partial charge in [0.05, 0.1) is 13.2 Å². The van der Waals surface area contributed by atoms with E-state index in [9.17, 15) is 5.11 Å². The molecule has 3 heteroatoms. The second-order valence-electron chi connectivity index (χ2n) is 4.35. The maximum atomic E-state index is 9.67. The molecule has 0 fully saturated rings. The summed E-state index contributed by atoms with van der Waals surface area (Å²) in [5.74, 6) is 1.54. The normalized spacial score (nSPS) is 11.9. The van der Waals surface area contributed by atoms with Gasteiger partial charge in [-0.15, -0.1) is 0 Å². The highest BCUT2D eigenvalue weighted by Gasteiger charge is 2.08. The van der Waals surface area contributed by atoms with Crippen LogP contribution in [0.1, 0.15) is 24.2 Å². The summed E-state index contributed by atoms with van der Waals surface area (Å²) in [6.07, 6.45) is -0.535. The van der Waals surface area contributed by atoms with Gasteiger partial charge in [0.1, 0.15) is 18.1 Å². The molecule has 0 aromatic heterocycles. The van der Waals surface area contributed by atoms with Crippen LogP contribution < -0.4 is 9.47 Å². The number of aliphatic hydroxyl groups is 1. The van der Waals surface area contributed by atoms with Crippen molar-refractivity contribution >= 4 is 0 Å². The van der Waals surface area contributed by atoms with Gasteiger partial charge in [0.2, 0.25) is 0 Å². The highest BCUT2D eigenvalue weighted by Crippen LogP contribution is 2.25. The predicted molar refractivity (Wildman–Crippen MR) is 74.4 cm³/mol. The minimum atomic E-state index is -0.535. The molecule has 2 aromatic carbocycles. The van der Waals surface area contributed by atoms with Crippen LogP contribution in [-0.4, -0.2) is 12.2 Å². The van der Waals surface area contributed by atoms with E-state index >= 15 is 0 Å². The molecule has 0 aliphatic carbocycles. The van der Waals surface area contributed by atoms with Gasteiger partial charge in [0, 0.05) is 5.56 Å². The number of benzene rings is 2. The number of rotatable bonds is 5. The maximum Gasteiger partial charge on any atom is 0.125 e. The summed E-state index contributed by atoms with van der Waals surface area (Å²) in [6, 6.07) is 15.3. The van der Waals surface area contributed by atoms with E-state index in [1.807, 2.05) is 48.5 Å². The zero-order chi connectivity index (χ0) is 13.7. The zero-order valence-electron chi connectivity index (χ0n) is 11.2. The smallest absolute Gasteiger partial charge is 0.125 e. The van der Waals surface area contributed by atoms with Crippen molar-refractivity contribution < 1.29 is 14.6 Å². The van der Waals surface area contributed by atoms with Crippen LogP contribution in [0.15, 0.2) is 48.5 Å². The van der Waals surface area contributed by atoms with Gasteiger partial charge in [-0.3, -0.25) is 0 Å². The highest BCUT2D eigenvalue weighted by molar-refractivity contribution is 5.35. The molecule has 0 spiro atoms. The molecule has 19 heavy (non-hydrogen) atoms. The molecule has 2 rings (SSSR count). The lowest BCUT2D eigenvalue weighted by Gasteiger charge is -2.13. The summed E-state index contributed by atoms with van der Waals surface area (Å²) in [5, 5.41) is 9.67. The minimum Gasteiger partial charge on any atom is -0.497 e. The van der Waals surface area contributed by atoms with Gasteiger partial charge in [0.25, 0.3) is 0 Å². The summed E-state index contributed by atoms with van der Waals surface area (Å²) in [6.45, 7) is 2.20. The van der Waals surface area contributed by atoms with Crippen LogP contribution >= 0.6 is 0 Å². The molecule has 0 amide bonds. The standard InChI is InChI=1S/C16H18O3/c1-12(17)15-5-3-4-6-16(15)19-11-13-7-9-14(18-2)10-8-13/h3-10,12,17H,11H2,1-2H3/t12-/m0/s1. The van der Waals surface area contributed by atoms with Crippen molar-refractivity contribution in [1.29, 1.82) is 0 Å². The molecule has 0 saturated carbocycles. The maximum absolute atomic E-state index is 9.67. The predicted octanol–water partition coefficient (Wildman–Crippen LogP) is 3.33. The second-order valence-corrected chi connectivity index (χ2v) is 4.35. The third kappa shape index (κ3) is 3.48. The highest BCUT2D eigenvalue weighted by atomic mass is 16.5. The Morgan fingerprint density at radius 3 is 2.37 bits per heavy atom. The van der Waals surface area contributed by atoms with E-state index in [2.05, 4.69) is 0 Å². The van der Waals surface area contributed by atoms with Crippen molar-refractivity contribution in [2.24, 2.45) is 0 Å². The van der Waals surface area contributed by atoms with E-state index in [1.165, 1.54) is 0 Å². The van der Waals surface area contributed by atoms with Gasteiger partial charge in [-0.1, -0.05) is 30.3 Å². The Balaban J connectivity index is 2.05. The summed E-state index contributed by atoms with van der Waals surface area (Å²) >= 11 is 0. The Kier molecular flexibility index (Phi) is 4.42. The fraction of sp³-hybridized carbons (Fsp3) is 0.250. The topological polar surface area (TPSA) is 38.7 Å². The monoisotopic (exact) mass is 258 g/mol. The molecule has 0 radical (unpaired) electrons. The molecule has 0 aliphatic rings. The lowest BCUT2D eigenvalue weighted by atomic mass is 10.1. The Bertz CT molecular complexity index is 518. The van der Waals surface area contributed by atoms with Crippen molar-refractivity contribution in [3.8, 4) is 11.5 Å². The van der Waals surface area contributed by atoms with Gasteiger partial charge in [-0.25, -0.2) is 0 Å². The van der Waals surface area contributed by atoms with Crippen molar-refractivity contribution in [3.05, 3.63) is 59.7 Å². The van der Waals surface area contributed by atoms with Crippen LogP contribution in [0.2, 0.25) is 0 Å². The van der Waals surface area contributed by atoms with Crippen LogP contribution in [0.25, 0.3) is 0 Å².